The summed E-state index contributed by atoms with van der Waals surface area (Å²) in [6.45, 7) is 6.63. The molecule has 0 radical (unpaired) electrons. The van der Waals surface area contributed by atoms with Gasteiger partial charge in [-0.1, -0.05) is 106 Å². The molecule has 1 aromatic heterocycles. The number of hydrogen-bond donors (Lipinski definition) is 1. The van der Waals surface area contributed by atoms with Crippen LogP contribution in [0, 0.1) is 5.82 Å². The Morgan fingerprint density at radius 2 is 1.77 bits per heavy atom. The van der Waals surface area contributed by atoms with Crippen molar-refractivity contribution < 1.29 is 4.39 Å². The van der Waals surface area contributed by atoms with E-state index >= 15 is 0 Å². The lowest BCUT2D eigenvalue weighted by Gasteiger charge is -2.21. The van der Waals surface area contributed by atoms with E-state index < -0.39 is 0 Å². The first-order valence-electron chi connectivity index (χ1n) is 14.6. The first kappa shape index (κ1) is 26.9. The Bertz CT molecular complexity index is 1490. The van der Waals surface area contributed by atoms with Gasteiger partial charge in [0, 0.05) is 19.0 Å². The van der Waals surface area contributed by atoms with Gasteiger partial charge in [0.15, 0.2) is 5.48 Å². The highest BCUT2D eigenvalue weighted by Crippen LogP contribution is 2.21. The number of hydrogen-bond acceptors (Lipinski definition) is 2. The largest absolute Gasteiger partial charge is 0.354 e. The number of aryl methyl sites for hydroxylation is 1. The molecule has 0 saturated carbocycles. The lowest BCUT2D eigenvalue weighted by atomic mass is 10.0. The molecule has 2 heterocycles. The molecule has 2 aliphatic rings. The molecule has 3 nitrogen and oxygen atoms in total. The van der Waals surface area contributed by atoms with Gasteiger partial charge in [0.25, 0.3) is 0 Å². The van der Waals surface area contributed by atoms with Crippen molar-refractivity contribution in [3.8, 4) is 0 Å². The minimum atomic E-state index is -0.105. The molecule has 1 N–H and O–H groups in total. The minimum absolute atomic E-state index is 0.105. The molecule has 0 bridgehead atoms. The molecule has 1 aliphatic heterocycles. The van der Waals surface area contributed by atoms with Crippen LogP contribution < -0.4 is 16.1 Å². The molecule has 0 saturated heterocycles. The molecule has 0 atom stereocenters. The number of benzene rings is 2. The van der Waals surface area contributed by atoms with Crippen LogP contribution in [0.2, 0.25) is 0 Å². The van der Waals surface area contributed by atoms with E-state index in [4.69, 9.17) is 4.98 Å². The van der Waals surface area contributed by atoms with Crippen molar-refractivity contribution in [3.63, 3.8) is 0 Å². The lowest BCUT2D eigenvalue weighted by Crippen LogP contribution is -2.36. The highest BCUT2D eigenvalue weighted by atomic mass is 19.1. The summed E-state index contributed by atoms with van der Waals surface area (Å²) in [7, 11) is 0. The molecule has 4 heteroatoms. The Hall–Kier alpha value is -3.66. The zero-order chi connectivity index (χ0) is 27.0. The molecule has 0 unspecified atom stereocenters. The summed E-state index contributed by atoms with van der Waals surface area (Å²) in [5.74, 6) is -0.105. The van der Waals surface area contributed by atoms with Crippen LogP contribution in [0.1, 0.15) is 80.7 Å². The van der Waals surface area contributed by atoms with E-state index in [2.05, 4.69) is 78.1 Å². The number of halogens is 1. The standard InChI is InChI=1S/C35H40FN3/c1-3-4-5-6-7-12-17-29-21-20-28(22-31(29)36)24-32-26(2)39-25-34(30-18-13-9-14-19-30)37-33(35(39)38-32)23-27-15-10-8-11-16-27/h8,10-11,13,15-16,18-22,25,37H,2-7,9,12,14,17,23-24H2,1H3. The Kier molecular flexibility index (Phi) is 8.93. The van der Waals surface area contributed by atoms with E-state index in [1.54, 1.807) is 6.07 Å². The number of rotatable bonds is 12. The highest BCUT2D eigenvalue weighted by Gasteiger charge is 2.18. The van der Waals surface area contributed by atoms with E-state index in [0.29, 0.717) is 6.42 Å². The van der Waals surface area contributed by atoms with E-state index in [0.717, 1.165) is 71.1 Å². The van der Waals surface area contributed by atoms with Crippen LogP contribution in [-0.4, -0.2) is 9.55 Å². The first-order valence-corrected chi connectivity index (χ1v) is 14.6. The lowest BCUT2D eigenvalue weighted by molar-refractivity contribution is 0.579. The summed E-state index contributed by atoms with van der Waals surface area (Å²) in [4.78, 5) is 5.04. The number of imidazole rings is 1. The predicted octanol–water partition coefficient (Wildman–Crippen LogP) is 6.96. The molecule has 0 spiro atoms. The molecule has 202 valence electrons. The third kappa shape index (κ3) is 6.68. The third-order valence-electron chi connectivity index (χ3n) is 7.73. The van der Waals surface area contributed by atoms with Crippen LogP contribution >= 0.6 is 0 Å². The SMILES string of the molecule is C=c1c(Cc2ccc(CCCCCCCC)c(F)c2)nc2n1C=C(C1=CCCC=C1)NC=2Cc1ccccc1. The van der Waals surface area contributed by atoms with Crippen LogP contribution in [0.3, 0.4) is 0 Å². The Balaban J connectivity index is 1.38. The number of nitrogens with zero attached hydrogens (tertiary/aromatic N) is 2. The quantitative estimate of drug-likeness (QED) is 0.261. The predicted molar refractivity (Wildman–Crippen MR) is 161 cm³/mol. The molecular weight excluding hydrogens is 481 g/mol. The van der Waals surface area contributed by atoms with Gasteiger partial charge in [0.05, 0.1) is 22.4 Å². The first-order chi connectivity index (χ1) is 19.1. The van der Waals surface area contributed by atoms with Crippen molar-refractivity contribution >= 4 is 18.5 Å². The molecule has 0 amide bonds. The zero-order valence-corrected chi connectivity index (χ0v) is 23.2. The summed E-state index contributed by atoms with van der Waals surface area (Å²) in [6, 6.07) is 16.2. The highest BCUT2D eigenvalue weighted by molar-refractivity contribution is 5.61. The zero-order valence-electron chi connectivity index (χ0n) is 23.2. The second-order valence-corrected chi connectivity index (χ2v) is 10.8. The second-order valence-electron chi connectivity index (χ2n) is 10.8. The van der Waals surface area contributed by atoms with Crippen LogP contribution in [0.15, 0.2) is 78.0 Å². The van der Waals surface area contributed by atoms with Crippen molar-refractivity contribution in [2.45, 2.75) is 77.6 Å². The van der Waals surface area contributed by atoms with Crippen LogP contribution in [-0.2, 0) is 19.3 Å². The number of unbranched alkanes of at least 4 members (excludes halogenated alkanes) is 5. The Morgan fingerprint density at radius 3 is 2.54 bits per heavy atom. The fourth-order valence-corrected chi connectivity index (χ4v) is 5.46. The monoisotopic (exact) mass is 521 g/mol. The van der Waals surface area contributed by atoms with Gasteiger partial charge in [-0.15, -0.1) is 0 Å². The summed E-state index contributed by atoms with van der Waals surface area (Å²) in [5, 5.41) is 4.52. The fourth-order valence-electron chi connectivity index (χ4n) is 5.46. The van der Waals surface area contributed by atoms with Gasteiger partial charge in [0.2, 0.25) is 0 Å². The molecule has 2 aromatic carbocycles. The molecular formula is C35H40FN3. The van der Waals surface area contributed by atoms with Crippen molar-refractivity contribution in [2.75, 3.05) is 0 Å². The van der Waals surface area contributed by atoms with Crippen LogP contribution in [0.4, 0.5) is 4.39 Å². The van der Waals surface area contributed by atoms with E-state index in [1.807, 2.05) is 12.1 Å². The molecule has 0 fully saturated rings. The van der Waals surface area contributed by atoms with Gasteiger partial charge in [-0.05, 0) is 54.0 Å². The number of aromatic nitrogens is 2. The van der Waals surface area contributed by atoms with Gasteiger partial charge in [-0.25, -0.2) is 9.37 Å². The van der Waals surface area contributed by atoms with Gasteiger partial charge < -0.3 is 5.32 Å². The molecule has 3 aromatic rings. The maximum absolute atomic E-state index is 15.0. The average Bonchev–Trinajstić information content (AvgIpc) is 3.27. The van der Waals surface area contributed by atoms with E-state index in [9.17, 15) is 4.39 Å². The maximum Gasteiger partial charge on any atom is 0.157 e. The summed E-state index contributed by atoms with van der Waals surface area (Å²) in [5.41, 5.74) is 8.03. The molecule has 1 aliphatic carbocycles. The van der Waals surface area contributed by atoms with Crippen molar-refractivity contribution in [1.82, 2.24) is 14.9 Å². The van der Waals surface area contributed by atoms with Gasteiger partial charge >= 0.3 is 0 Å². The van der Waals surface area contributed by atoms with Gasteiger partial charge in [-0.3, -0.25) is 4.57 Å². The van der Waals surface area contributed by atoms with Gasteiger partial charge in [0.1, 0.15) is 5.82 Å². The van der Waals surface area contributed by atoms with Crippen LogP contribution in [0.5, 0.6) is 0 Å². The summed E-state index contributed by atoms with van der Waals surface area (Å²) >= 11 is 0. The van der Waals surface area contributed by atoms with Crippen LogP contribution in [0.25, 0.3) is 18.5 Å². The third-order valence-corrected chi connectivity index (χ3v) is 7.73. The topological polar surface area (TPSA) is 29.9 Å². The molecule has 5 rings (SSSR count). The Morgan fingerprint density at radius 1 is 0.949 bits per heavy atom. The normalized spacial score (nSPS) is 14.6. The summed E-state index contributed by atoms with van der Waals surface area (Å²) in [6.07, 6.45) is 20.3. The summed E-state index contributed by atoms with van der Waals surface area (Å²) < 4.78 is 17.1. The number of nitrogens with one attached hydrogen (secondary N) is 1. The Labute approximate surface area is 232 Å². The van der Waals surface area contributed by atoms with E-state index in [1.165, 1.54) is 43.2 Å². The minimum Gasteiger partial charge on any atom is -0.354 e. The maximum atomic E-state index is 15.0. The molecule has 39 heavy (non-hydrogen) atoms. The van der Waals surface area contributed by atoms with Crippen molar-refractivity contribution in [1.29, 1.82) is 0 Å². The van der Waals surface area contributed by atoms with Gasteiger partial charge in [-0.2, -0.15) is 0 Å². The fraction of sp³-hybridized carbons (Fsp3) is 0.343. The van der Waals surface area contributed by atoms with E-state index in [-0.39, 0.29) is 5.82 Å². The number of allylic oxidation sites excluding steroid dienone is 3. The average molecular weight is 522 g/mol. The van der Waals surface area contributed by atoms with Crippen molar-refractivity contribution in [3.05, 3.63) is 117 Å². The number of fused-ring (bicyclic) bond motifs is 1. The van der Waals surface area contributed by atoms with Crippen molar-refractivity contribution in [2.24, 2.45) is 0 Å². The second kappa shape index (κ2) is 12.9. The smallest absolute Gasteiger partial charge is 0.157 e.